The third-order valence-corrected chi connectivity index (χ3v) is 3.10. The smallest absolute Gasteiger partial charge is 0.0913 e. The maximum atomic E-state index is 6.10. The van der Waals surface area contributed by atoms with Gasteiger partial charge in [-0.3, -0.25) is 0 Å². The monoisotopic (exact) mass is 240 g/mol. The van der Waals surface area contributed by atoms with Crippen LogP contribution in [0.1, 0.15) is 11.3 Å². The van der Waals surface area contributed by atoms with E-state index in [9.17, 15) is 0 Å². The van der Waals surface area contributed by atoms with Crippen molar-refractivity contribution in [3.05, 3.63) is 33.4 Å². The van der Waals surface area contributed by atoms with Crippen LogP contribution in [0.3, 0.4) is 0 Å². The Morgan fingerprint density at radius 1 is 1.20 bits per heavy atom. The van der Waals surface area contributed by atoms with Crippen LogP contribution in [0.5, 0.6) is 0 Å². The van der Waals surface area contributed by atoms with Crippen LogP contribution in [0.4, 0.5) is 5.69 Å². The summed E-state index contributed by atoms with van der Waals surface area (Å²) in [5.74, 6) is 0. The number of pyridine rings is 1. The zero-order valence-electron chi connectivity index (χ0n) is 8.44. The number of aromatic nitrogens is 1. The van der Waals surface area contributed by atoms with Gasteiger partial charge in [-0.1, -0.05) is 23.2 Å². The number of anilines is 1. The second-order valence-electron chi connectivity index (χ2n) is 3.57. The standard InChI is InChI=1S/C11H10Cl2N2/c1-5-3-7-10(14)9(13)6(2)15-11(7)8(12)4-5/h3-4H,1-2H3,(H2,14,15). The highest BCUT2D eigenvalue weighted by atomic mass is 35.5. The van der Waals surface area contributed by atoms with Crippen molar-refractivity contribution in [2.75, 3.05) is 5.73 Å². The number of fused-ring (bicyclic) bond motifs is 1. The molecule has 0 bridgehead atoms. The lowest BCUT2D eigenvalue weighted by Crippen LogP contribution is -1.95. The second kappa shape index (κ2) is 3.54. The van der Waals surface area contributed by atoms with Gasteiger partial charge in [0.25, 0.3) is 0 Å². The third-order valence-electron chi connectivity index (χ3n) is 2.33. The SMILES string of the molecule is Cc1cc(Cl)c2nc(C)c(Cl)c(N)c2c1. The van der Waals surface area contributed by atoms with Crippen LogP contribution in [-0.2, 0) is 0 Å². The lowest BCUT2D eigenvalue weighted by atomic mass is 10.1. The summed E-state index contributed by atoms with van der Waals surface area (Å²) in [6.45, 7) is 3.77. The number of rotatable bonds is 0. The lowest BCUT2D eigenvalue weighted by Gasteiger charge is -2.08. The molecule has 78 valence electrons. The highest BCUT2D eigenvalue weighted by molar-refractivity contribution is 6.38. The van der Waals surface area contributed by atoms with E-state index in [2.05, 4.69) is 4.98 Å². The van der Waals surface area contributed by atoms with Crippen molar-refractivity contribution in [2.45, 2.75) is 13.8 Å². The molecule has 0 aliphatic rings. The summed E-state index contributed by atoms with van der Waals surface area (Å²) in [6, 6.07) is 3.80. The second-order valence-corrected chi connectivity index (χ2v) is 4.35. The molecule has 2 nitrogen and oxygen atoms in total. The van der Waals surface area contributed by atoms with E-state index in [1.807, 2.05) is 26.0 Å². The highest BCUT2D eigenvalue weighted by Gasteiger charge is 2.10. The van der Waals surface area contributed by atoms with Gasteiger partial charge in [-0.05, 0) is 31.5 Å². The lowest BCUT2D eigenvalue weighted by molar-refractivity contribution is 1.25. The number of benzene rings is 1. The molecule has 0 saturated heterocycles. The molecule has 2 aromatic rings. The molecule has 0 radical (unpaired) electrons. The first-order valence-electron chi connectivity index (χ1n) is 4.52. The zero-order valence-corrected chi connectivity index (χ0v) is 9.95. The van der Waals surface area contributed by atoms with E-state index in [0.29, 0.717) is 26.9 Å². The Morgan fingerprint density at radius 3 is 2.53 bits per heavy atom. The van der Waals surface area contributed by atoms with Crippen molar-refractivity contribution in [3.8, 4) is 0 Å². The van der Waals surface area contributed by atoms with Gasteiger partial charge in [-0.2, -0.15) is 0 Å². The number of hydrogen-bond acceptors (Lipinski definition) is 2. The Balaban J connectivity index is 2.98. The van der Waals surface area contributed by atoms with Gasteiger partial charge in [-0.15, -0.1) is 0 Å². The quantitative estimate of drug-likeness (QED) is 0.762. The molecule has 1 heterocycles. The van der Waals surface area contributed by atoms with Crippen molar-refractivity contribution >= 4 is 39.8 Å². The molecule has 0 spiro atoms. The molecule has 0 unspecified atom stereocenters. The summed E-state index contributed by atoms with van der Waals surface area (Å²) in [4.78, 5) is 4.33. The molecule has 1 aromatic heterocycles. The Bertz CT molecular complexity index is 550. The summed E-state index contributed by atoms with van der Waals surface area (Å²) in [5, 5.41) is 1.93. The number of aryl methyl sites for hydroxylation is 2. The molecule has 0 aliphatic carbocycles. The molecule has 0 saturated carbocycles. The van der Waals surface area contributed by atoms with Crippen LogP contribution in [0, 0.1) is 13.8 Å². The van der Waals surface area contributed by atoms with Crippen LogP contribution in [-0.4, -0.2) is 4.98 Å². The maximum absolute atomic E-state index is 6.10. The molecule has 2 rings (SSSR count). The molecule has 0 aliphatic heterocycles. The van der Waals surface area contributed by atoms with Gasteiger partial charge in [-0.25, -0.2) is 4.98 Å². The molecule has 1 aromatic carbocycles. The van der Waals surface area contributed by atoms with E-state index in [0.717, 1.165) is 10.9 Å². The third kappa shape index (κ3) is 1.64. The Morgan fingerprint density at radius 2 is 1.87 bits per heavy atom. The van der Waals surface area contributed by atoms with E-state index in [-0.39, 0.29) is 0 Å². The maximum Gasteiger partial charge on any atom is 0.0913 e. The van der Waals surface area contributed by atoms with Crippen LogP contribution < -0.4 is 5.73 Å². The average Bonchev–Trinajstić information content (AvgIpc) is 2.17. The predicted molar refractivity (Wildman–Crippen MR) is 65.6 cm³/mol. The van der Waals surface area contributed by atoms with E-state index in [1.165, 1.54) is 0 Å². The minimum atomic E-state index is 0.504. The van der Waals surface area contributed by atoms with Crippen LogP contribution in [0.2, 0.25) is 10.0 Å². The topological polar surface area (TPSA) is 38.9 Å². The predicted octanol–water partition coefficient (Wildman–Crippen LogP) is 3.74. The summed E-state index contributed by atoms with van der Waals surface area (Å²) >= 11 is 12.1. The zero-order chi connectivity index (χ0) is 11.2. The van der Waals surface area contributed by atoms with Crippen LogP contribution in [0.25, 0.3) is 10.9 Å². The molecule has 0 fully saturated rings. The first-order valence-corrected chi connectivity index (χ1v) is 5.27. The van der Waals surface area contributed by atoms with Gasteiger partial charge in [0.15, 0.2) is 0 Å². The summed E-state index contributed by atoms with van der Waals surface area (Å²) in [5.41, 5.74) is 8.93. The van der Waals surface area contributed by atoms with Crippen molar-refractivity contribution < 1.29 is 0 Å². The number of hydrogen-bond donors (Lipinski definition) is 1. The fourth-order valence-corrected chi connectivity index (χ4v) is 2.04. The largest absolute Gasteiger partial charge is 0.397 e. The van der Waals surface area contributed by atoms with E-state index in [1.54, 1.807) is 0 Å². The van der Waals surface area contributed by atoms with E-state index < -0.39 is 0 Å². The Labute approximate surface area is 98.0 Å². The molecular formula is C11H10Cl2N2. The van der Waals surface area contributed by atoms with Gasteiger partial charge in [0.05, 0.1) is 26.9 Å². The molecule has 4 heteroatoms. The van der Waals surface area contributed by atoms with Crippen molar-refractivity contribution in [2.24, 2.45) is 0 Å². The number of nitrogens with two attached hydrogens (primary N) is 1. The van der Waals surface area contributed by atoms with Gasteiger partial charge in [0.1, 0.15) is 0 Å². The molecular weight excluding hydrogens is 231 g/mol. The Kier molecular flexibility index (Phi) is 2.49. The van der Waals surface area contributed by atoms with Gasteiger partial charge < -0.3 is 5.73 Å². The number of nitrogens with zero attached hydrogens (tertiary/aromatic N) is 1. The summed E-state index contributed by atoms with van der Waals surface area (Å²) in [7, 11) is 0. The van der Waals surface area contributed by atoms with Crippen molar-refractivity contribution in [1.29, 1.82) is 0 Å². The fourth-order valence-electron chi connectivity index (χ4n) is 1.58. The van der Waals surface area contributed by atoms with Gasteiger partial charge in [0.2, 0.25) is 0 Å². The van der Waals surface area contributed by atoms with Crippen LogP contribution >= 0.6 is 23.2 Å². The van der Waals surface area contributed by atoms with Gasteiger partial charge >= 0.3 is 0 Å². The molecule has 0 amide bonds. The minimum absolute atomic E-state index is 0.504. The minimum Gasteiger partial charge on any atom is -0.397 e. The molecule has 15 heavy (non-hydrogen) atoms. The highest BCUT2D eigenvalue weighted by Crippen LogP contribution is 2.33. The molecule has 0 atom stereocenters. The number of halogens is 2. The fraction of sp³-hybridized carbons (Fsp3) is 0.182. The first kappa shape index (κ1) is 10.5. The van der Waals surface area contributed by atoms with Crippen LogP contribution in [0.15, 0.2) is 12.1 Å². The van der Waals surface area contributed by atoms with E-state index in [4.69, 9.17) is 28.9 Å². The Hall–Kier alpha value is -0.990. The van der Waals surface area contributed by atoms with Gasteiger partial charge in [0, 0.05) is 5.39 Å². The van der Waals surface area contributed by atoms with Crippen molar-refractivity contribution in [3.63, 3.8) is 0 Å². The number of nitrogen functional groups attached to an aromatic ring is 1. The van der Waals surface area contributed by atoms with E-state index >= 15 is 0 Å². The normalized spacial score (nSPS) is 10.9. The molecule has 2 N–H and O–H groups in total. The average molecular weight is 241 g/mol. The van der Waals surface area contributed by atoms with Crippen molar-refractivity contribution in [1.82, 2.24) is 4.98 Å². The summed E-state index contributed by atoms with van der Waals surface area (Å²) < 4.78 is 0. The first-order chi connectivity index (χ1) is 7.00. The summed E-state index contributed by atoms with van der Waals surface area (Å²) in [6.07, 6.45) is 0.